The largest absolute Gasteiger partial charge is 0.309 e. The van der Waals surface area contributed by atoms with Gasteiger partial charge in [0.2, 0.25) is 0 Å². The van der Waals surface area contributed by atoms with E-state index in [0.717, 1.165) is 6.54 Å². The SMILES string of the molecule is CCCNC(CCCC(C)(C)C)c1csc(C)n1. The number of aryl methyl sites for hydroxylation is 1. The lowest BCUT2D eigenvalue weighted by Crippen LogP contribution is -2.23. The smallest absolute Gasteiger partial charge is 0.0898 e. The van der Waals surface area contributed by atoms with E-state index in [-0.39, 0.29) is 0 Å². The minimum Gasteiger partial charge on any atom is -0.309 e. The van der Waals surface area contributed by atoms with Gasteiger partial charge in [-0.05, 0) is 38.1 Å². The normalized spacial score (nSPS) is 13.8. The standard InChI is InChI=1S/C15H28N2S/c1-6-10-16-13(8-7-9-15(3,4)5)14-11-18-12(2)17-14/h11,13,16H,6-10H2,1-5H3. The molecule has 0 saturated heterocycles. The number of hydrogen-bond donors (Lipinski definition) is 1. The number of nitrogens with zero attached hydrogens (tertiary/aromatic N) is 1. The molecule has 0 aromatic carbocycles. The van der Waals surface area contributed by atoms with Gasteiger partial charge in [-0.3, -0.25) is 0 Å². The van der Waals surface area contributed by atoms with E-state index in [1.54, 1.807) is 11.3 Å². The van der Waals surface area contributed by atoms with Gasteiger partial charge in [0.1, 0.15) is 0 Å². The lowest BCUT2D eigenvalue weighted by Gasteiger charge is -2.21. The summed E-state index contributed by atoms with van der Waals surface area (Å²) in [5.41, 5.74) is 1.67. The summed E-state index contributed by atoms with van der Waals surface area (Å²) in [7, 11) is 0. The molecule has 104 valence electrons. The van der Waals surface area contributed by atoms with Crippen LogP contribution in [0.2, 0.25) is 0 Å². The zero-order valence-corrected chi connectivity index (χ0v) is 13.4. The lowest BCUT2D eigenvalue weighted by molar-refractivity contribution is 0.342. The maximum atomic E-state index is 4.64. The van der Waals surface area contributed by atoms with Crippen molar-refractivity contribution < 1.29 is 0 Å². The highest BCUT2D eigenvalue weighted by molar-refractivity contribution is 7.09. The van der Waals surface area contributed by atoms with Crippen molar-refractivity contribution in [2.24, 2.45) is 5.41 Å². The summed E-state index contributed by atoms with van der Waals surface area (Å²) in [6.07, 6.45) is 4.92. The summed E-state index contributed by atoms with van der Waals surface area (Å²) in [5, 5.41) is 7.01. The molecule has 1 aromatic rings. The molecule has 2 nitrogen and oxygen atoms in total. The summed E-state index contributed by atoms with van der Waals surface area (Å²) in [4.78, 5) is 4.64. The molecule has 18 heavy (non-hydrogen) atoms. The van der Waals surface area contributed by atoms with E-state index in [1.807, 2.05) is 0 Å². The summed E-state index contributed by atoms with van der Waals surface area (Å²) in [6.45, 7) is 12.3. The van der Waals surface area contributed by atoms with Crippen molar-refractivity contribution in [2.75, 3.05) is 6.54 Å². The second-order valence-electron chi connectivity index (χ2n) is 6.25. The third-order valence-corrected chi connectivity index (χ3v) is 3.85. The first-order chi connectivity index (χ1) is 8.42. The van der Waals surface area contributed by atoms with E-state index < -0.39 is 0 Å². The molecule has 1 heterocycles. The van der Waals surface area contributed by atoms with Crippen molar-refractivity contribution in [3.05, 3.63) is 16.1 Å². The van der Waals surface area contributed by atoms with E-state index in [2.05, 4.69) is 50.3 Å². The van der Waals surface area contributed by atoms with Gasteiger partial charge < -0.3 is 5.32 Å². The molecule has 1 aromatic heterocycles. The first-order valence-corrected chi connectivity index (χ1v) is 7.96. The molecule has 1 rings (SSSR count). The van der Waals surface area contributed by atoms with E-state index >= 15 is 0 Å². The molecule has 0 fully saturated rings. The Bertz CT molecular complexity index is 339. The van der Waals surface area contributed by atoms with Crippen molar-refractivity contribution in [1.82, 2.24) is 10.3 Å². The third kappa shape index (κ3) is 5.96. The highest BCUT2D eigenvalue weighted by Gasteiger charge is 2.16. The molecular weight excluding hydrogens is 240 g/mol. The van der Waals surface area contributed by atoms with Gasteiger partial charge in [-0.15, -0.1) is 11.3 Å². The zero-order chi connectivity index (χ0) is 13.6. The van der Waals surface area contributed by atoms with Crippen molar-refractivity contribution >= 4 is 11.3 Å². The topological polar surface area (TPSA) is 24.9 Å². The fourth-order valence-corrected chi connectivity index (χ4v) is 2.72. The molecule has 1 unspecified atom stereocenters. The Kier molecular flexibility index (Phi) is 6.30. The van der Waals surface area contributed by atoms with Crippen LogP contribution in [0, 0.1) is 12.3 Å². The van der Waals surface area contributed by atoms with Crippen LogP contribution in [-0.2, 0) is 0 Å². The maximum Gasteiger partial charge on any atom is 0.0898 e. The quantitative estimate of drug-likeness (QED) is 0.774. The summed E-state index contributed by atoms with van der Waals surface area (Å²) in [5.74, 6) is 0. The summed E-state index contributed by atoms with van der Waals surface area (Å²) >= 11 is 1.75. The number of thiazole rings is 1. The fraction of sp³-hybridized carbons (Fsp3) is 0.800. The predicted molar refractivity (Wildman–Crippen MR) is 81.2 cm³/mol. The second kappa shape index (κ2) is 7.25. The van der Waals surface area contributed by atoms with Gasteiger partial charge >= 0.3 is 0 Å². The Morgan fingerprint density at radius 2 is 2.11 bits per heavy atom. The average Bonchev–Trinajstić information content (AvgIpc) is 2.68. The molecule has 0 spiro atoms. The van der Waals surface area contributed by atoms with Gasteiger partial charge in [0, 0.05) is 5.38 Å². The van der Waals surface area contributed by atoms with Gasteiger partial charge in [0.05, 0.1) is 16.7 Å². The lowest BCUT2D eigenvalue weighted by atomic mass is 9.89. The number of hydrogen-bond acceptors (Lipinski definition) is 3. The van der Waals surface area contributed by atoms with Crippen LogP contribution in [0.4, 0.5) is 0 Å². The minimum atomic E-state index is 0.438. The fourth-order valence-electron chi connectivity index (χ4n) is 2.05. The van der Waals surface area contributed by atoms with Crippen molar-refractivity contribution in [3.63, 3.8) is 0 Å². The second-order valence-corrected chi connectivity index (χ2v) is 7.31. The predicted octanol–water partition coefficient (Wildman–Crippen LogP) is 4.71. The molecule has 1 atom stereocenters. The van der Waals surface area contributed by atoms with Crippen LogP contribution in [0.1, 0.15) is 70.1 Å². The van der Waals surface area contributed by atoms with Crippen LogP contribution < -0.4 is 5.32 Å². The van der Waals surface area contributed by atoms with Gasteiger partial charge in [-0.2, -0.15) is 0 Å². The Hall–Kier alpha value is -0.410. The van der Waals surface area contributed by atoms with E-state index in [4.69, 9.17) is 0 Å². The molecular formula is C15H28N2S. The van der Waals surface area contributed by atoms with Crippen LogP contribution in [-0.4, -0.2) is 11.5 Å². The van der Waals surface area contributed by atoms with Crippen LogP contribution in [0.5, 0.6) is 0 Å². The zero-order valence-electron chi connectivity index (χ0n) is 12.5. The van der Waals surface area contributed by atoms with Crippen molar-refractivity contribution in [3.8, 4) is 0 Å². The molecule has 0 bridgehead atoms. The van der Waals surface area contributed by atoms with Gasteiger partial charge in [-0.25, -0.2) is 4.98 Å². The van der Waals surface area contributed by atoms with Crippen LogP contribution in [0.15, 0.2) is 5.38 Å². The van der Waals surface area contributed by atoms with Gasteiger partial charge in [0.25, 0.3) is 0 Å². The summed E-state index contributed by atoms with van der Waals surface area (Å²) < 4.78 is 0. The molecule has 0 amide bonds. The molecule has 0 saturated carbocycles. The van der Waals surface area contributed by atoms with Gasteiger partial charge in [-0.1, -0.05) is 34.1 Å². The molecule has 1 N–H and O–H groups in total. The minimum absolute atomic E-state index is 0.438. The molecule has 3 heteroatoms. The average molecular weight is 268 g/mol. The monoisotopic (exact) mass is 268 g/mol. The number of rotatable bonds is 7. The van der Waals surface area contributed by atoms with Crippen LogP contribution in [0.25, 0.3) is 0 Å². The maximum absolute atomic E-state index is 4.64. The van der Waals surface area contributed by atoms with Gasteiger partial charge in [0.15, 0.2) is 0 Å². The van der Waals surface area contributed by atoms with E-state index in [0.29, 0.717) is 11.5 Å². The molecule has 0 aliphatic heterocycles. The number of aromatic nitrogens is 1. The number of nitrogens with one attached hydrogen (secondary N) is 1. The summed E-state index contributed by atoms with van der Waals surface area (Å²) in [6, 6.07) is 0.442. The third-order valence-electron chi connectivity index (χ3n) is 3.05. The highest BCUT2D eigenvalue weighted by Crippen LogP contribution is 2.26. The first-order valence-electron chi connectivity index (χ1n) is 7.08. The Balaban J connectivity index is 2.51. The Morgan fingerprint density at radius 3 is 2.61 bits per heavy atom. The molecule has 0 aliphatic carbocycles. The van der Waals surface area contributed by atoms with E-state index in [1.165, 1.54) is 36.4 Å². The molecule has 0 aliphatic rings. The van der Waals surface area contributed by atoms with Crippen molar-refractivity contribution in [2.45, 2.75) is 66.3 Å². The highest BCUT2D eigenvalue weighted by atomic mass is 32.1. The van der Waals surface area contributed by atoms with Crippen LogP contribution >= 0.6 is 11.3 Å². The first kappa shape index (κ1) is 15.6. The van der Waals surface area contributed by atoms with Crippen LogP contribution in [0.3, 0.4) is 0 Å². The Labute approximate surface area is 116 Å². The van der Waals surface area contributed by atoms with Crippen molar-refractivity contribution in [1.29, 1.82) is 0 Å². The molecule has 0 radical (unpaired) electrons. The van der Waals surface area contributed by atoms with E-state index in [9.17, 15) is 0 Å². The Morgan fingerprint density at radius 1 is 1.39 bits per heavy atom.